The van der Waals surface area contributed by atoms with Crippen molar-refractivity contribution >= 4 is 16.0 Å². The van der Waals surface area contributed by atoms with Crippen LogP contribution in [0.4, 0.5) is 0 Å². The Morgan fingerprint density at radius 2 is 2.00 bits per heavy atom. The minimum atomic E-state index is -3.68. The molecule has 1 saturated carbocycles. The zero-order valence-electron chi connectivity index (χ0n) is 23.1. The molecule has 4 aliphatic rings. The van der Waals surface area contributed by atoms with Crippen molar-refractivity contribution < 1.29 is 27.8 Å². The van der Waals surface area contributed by atoms with Crippen molar-refractivity contribution in [2.45, 2.75) is 75.8 Å². The summed E-state index contributed by atoms with van der Waals surface area (Å²) in [7, 11) is -1.54. The molecular weight excluding hydrogens is 516 g/mol. The van der Waals surface area contributed by atoms with E-state index in [1.54, 1.807) is 4.31 Å². The lowest BCUT2D eigenvalue weighted by Crippen LogP contribution is -2.68. The molecule has 0 unspecified atom stereocenters. The van der Waals surface area contributed by atoms with Crippen LogP contribution in [0.3, 0.4) is 0 Å². The second-order valence-corrected chi connectivity index (χ2v) is 14.1. The normalized spacial score (nSPS) is 29.3. The fourth-order valence-corrected chi connectivity index (χ4v) is 9.90. The fraction of sp³-hybridized carbons (Fsp3) is 0.567. The Bertz CT molecular complexity index is 1390. The molecule has 2 aliphatic heterocycles. The number of phenolic OH excluding ortho intramolecular Hbond substituents is 1. The molecule has 2 heterocycles. The molecule has 1 saturated heterocycles. The van der Waals surface area contributed by atoms with Gasteiger partial charge in [-0.25, -0.2) is 8.42 Å². The van der Waals surface area contributed by atoms with Gasteiger partial charge in [-0.3, -0.25) is 4.79 Å². The average molecular weight is 555 g/mol. The van der Waals surface area contributed by atoms with Crippen molar-refractivity contribution in [3.05, 3.63) is 53.1 Å². The van der Waals surface area contributed by atoms with Gasteiger partial charge in [0, 0.05) is 42.1 Å². The van der Waals surface area contributed by atoms with Crippen LogP contribution in [0.25, 0.3) is 0 Å². The Balaban J connectivity index is 1.48. The second-order valence-electron chi connectivity index (χ2n) is 12.2. The molecule has 0 amide bonds. The molecule has 2 aromatic rings. The minimum Gasteiger partial charge on any atom is -0.508 e. The van der Waals surface area contributed by atoms with Gasteiger partial charge < -0.3 is 19.5 Å². The number of nitrogens with zero attached hydrogens (tertiary/aromatic N) is 2. The van der Waals surface area contributed by atoms with Crippen LogP contribution < -0.4 is 9.47 Å². The van der Waals surface area contributed by atoms with Gasteiger partial charge in [0.05, 0.1) is 11.8 Å². The first-order valence-electron chi connectivity index (χ1n) is 14.0. The van der Waals surface area contributed by atoms with Gasteiger partial charge in [0.2, 0.25) is 10.0 Å². The number of sulfonamides is 1. The van der Waals surface area contributed by atoms with Crippen LogP contribution in [0.2, 0.25) is 0 Å². The number of phenols is 1. The lowest BCUT2D eigenvalue weighted by molar-refractivity contribution is -0.132. The van der Waals surface area contributed by atoms with Gasteiger partial charge in [-0.2, -0.15) is 4.31 Å². The van der Waals surface area contributed by atoms with Crippen LogP contribution in [0.5, 0.6) is 17.2 Å². The number of carbonyl (C=O) groups excluding carboxylic acids is 1. The molecule has 2 aromatic carbocycles. The zero-order chi connectivity index (χ0) is 27.7. The minimum absolute atomic E-state index is 0.0662. The molecule has 1 spiro atoms. The lowest BCUT2D eigenvalue weighted by Gasteiger charge is -2.59. The molecule has 39 heavy (non-hydrogen) atoms. The summed E-state index contributed by atoms with van der Waals surface area (Å²) in [4.78, 5) is 14.4. The molecule has 9 heteroatoms. The van der Waals surface area contributed by atoms with Gasteiger partial charge in [0.1, 0.15) is 11.9 Å². The molecular formula is C30H38N2O6S. The third-order valence-corrected chi connectivity index (χ3v) is 11.2. The van der Waals surface area contributed by atoms with Crippen molar-refractivity contribution in [1.29, 1.82) is 0 Å². The van der Waals surface area contributed by atoms with Gasteiger partial charge >= 0.3 is 5.97 Å². The molecule has 5 atom stereocenters. The molecule has 2 bridgehead atoms. The van der Waals surface area contributed by atoms with Crippen LogP contribution in [-0.4, -0.2) is 67.0 Å². The Morgan fingerprint density at radius 1 is 1.26 bits per heavy atom. The van der Waals surface area contributed by atoms with Crippen molar-refractivity contribution in [3.8, 4) is 17.2 Å². The van der Waals surface area contributed by atoms with Crippen molar-refractivity contribution in [1.82, 2.24) is 9.21 Å². The molecule has 0 radical (unpaired) electrons. The molecule has 1 N–H and O–H groups in total. The van der Waals surface area contributed by atoms with Crippen molar-refractivity contribution in [2.24, 2.45) is 11.8 Å². The molecule has 8 nitrogen and oxygen atoms in total. The molecule has 6 rings (SSSR count). The Hall–Kier alpha value is -2.62. The number of benzene rings is 2. The number of hydrogen-bond donors (Lipinski definition) is 1. The summed E-state index contributed by atoms with van der Waals surface area (Å²) in [5.74, 6) is 0.679. The molecule has 2 fully saturated rings. The number of likely N-dealkylation sites (N-methyl/N-ethyl adjacent to an activating group) is 1. The van der Waals surface area contributed by atoms with Crippen LogP contribution >= 0.6 is 0 Å². The summed E-state index contributed by atoms with van der Waals surface area (Å²) >= 11 is 0. The van der Waals surface area contributed by atoms with E-state index in [2.05, 4.69) is 11.9 Å². The van der Waals surface area contributed by atoms with E-state index in [1.807, 2.05) is 44.2 Å². The van der Waals surface area contributed by atoms with E-state index in [-0.39, 0.29) is 41.2 Å². The number of esters is 1. The maximum absolute atomic E-state index is 14.1. The number of likely N-dealkylation sites (tertiary alicyclic amines) is 1. The van der Waals surface area contributed by atoms with Crippen LogP contribution in [0, 0.1) is 11.8 Å². The highest BCUT2D eigenvalue weighted by Gasteiger charge is 2.67. The Labute approximate surface area is 230 Å². The highest BCUT2D eigenvalue weighted by atomic mass is 32.2. The first kappa shape index (κ1) is 26.6. The van der Waals surface area contributed by atoms with Gasteiger partial charge in [0.25, 0.3) is 0 Å². The van der Waals surface area contributed by atoms with E-state index in [9.17, 15) is 18.3 Å². The number of aromatic hydroxyl groups is 1. The summed E-state index contributed by atoms with van der Waals surface area (Å²) in [5.41, 5.74) is 2.09. The number of ether oxygens (including phenoxy) is 2. The zero-order valence-corrected chi connectivity index (χ0v) is 23.9. The summed E-state index contributed by atoms with van der Waals surface area (Å²) < 4.78 is 42.3. The predicted octanol–water partition coefficient (Wildman–Crippen LogP) is 3.84. The van der Waals surface area contributed by atoms with Gasteiger partial charge in [-0.05, 0) is 56.7 Å². The first-order chi connectivity index (χ1) is 18.5. The van der Waals surface area contributed by atoms with Gasteiger partial charge in [-0.1, -0.05) is 44.2 Å². The average Bonchev–Trinajstić information content (AvgIpc) is 3.21. The maximum atomic E-state index is 14.1. The van der Waals surface area contributed by atoms with Crippen molar-refractivity contribution in [3.63, 3.8) is 0 Å². The van der Waals surface area contributed by atoms with Crippen LogP contribution in [0.1, 0.15) is 56.7 Å². The SMILES string of the molecule is CC(=O)Oc1cc(O)c2c3c1O[C@H]1[C@H](N(CC(C)C)S(=O)(=O)Cc4ccccc4)CC[C@H]4[C@@H](C2)N(C)CC[C@@]341. The van der Waals surface area contributed by atoms with Crippen LogP contribution in [-0.2, 0) is 32.4 Å². The summed E-state index contributed by atoms with van der Waals surface area (Å²) in [5, 5.41) is 11.1. The predicted molar refractivity (Wildman–Crippen MR) is 147 cm³/mol. The third-order valence-electron chi connectivity index (χ3n) is 9.37. The summed E-state index contributed by atoms with van der Waals surface area (Å²) in [6.07, 6.45) is 2.62. The maximum Gasteiger partial charge on any atom is 0.308 e. The monoisotopic (exact) mass is 554 g/mol. The van der Waals surface area contributed by atoms with E-state index in [0.717, 1.165) is 36.1 Å². The quantitative estimate of drug-likeness (QED) is 0.410. The topological polar surface area (TPSA) is 96.4 Å². The molecule has 210 valence electrons. The number of piperidine rings is 1. The standard InChI is InChI=1S/C30H38N2O6S/c1-18(2)16-32(39(35,36)17-20-8-6-5-7-9-20)23-11-10-22-24-14-21-25(34)15-26(37-19(3)33)28-27(21)30(22,29(23)38-28)12-13-31(24)4/h5-9,15,18,22-24,29,34H,10-14,16-17H2,1-4H3/t22-,23+,24+,29-,30-/m0/s1. The number of carbonyl (C=O) groups is 1. The van der Waals surface area contributed by atoms with E-state index in [1.165, 1.54) is 13.0 Å². The highest BCUT2D eigenvalue weighted by molar-refractivity contribution is 7.88. The Kier molecular flexibility index (Phi) is 6.47. The lowest BCUT2D eigenvalue weighted by atomic mass is 9.51. The van der Waals surface area contributed by atoms with E-state index < -0.39 is 27.5 Å². The van der Waals surface area contributed by atoms with Gasteiger partial charge in [0.15, 0.2) is 11.5 Å². The smallest absolute Gasteiger partial charge is 0.308 e. The summed E-state index contributed by atoms with van der Waals surface area (Å²) in [6, 6.07) is 10.7. The number of hydrogen-bond acceptors (Lipinski definition) is 7. The molecule has 0 aromatic heterocycles. The largest absolute Gasteiger partial charge is 0.508 e. The van der Waals surface area contributed by atoms with Crippen molar-refractivity contribution in [2.75, 3.05) is 20.1 Å². The van der Waals surface area contributed by atoms with Crippen LogP contribution in [0.15, 0.2) is 36.4 Å². The summed E-state index contributed by atoms with van der Waals surface area (Å²) in [6.45, 7) is 6.67. The second kappa shape index (κ2) is 9.49. The Morgan fingerprint density at radius 3 is 2.69 bits per heavy atom. The number of rotatable bonds is 7. The molecule has 2 aliphatic carbocycles. The fourth-order valence-electron chi connectivity index (χ4n) is 7.97. The van der Waals surface area contributed by atoms with E-state index in [0.29, 0.717) is 25.1 Å². The third kappa shape index (κ3) is 4.16. The van der Waals surface area contributed by atoms with E-state index >= 15 is 0 Å². The highest BCUT2D eigenvalue weighted by Crippen LogP contribution is 2.65. The van der Waals surface area contributed by atoms with E-state index in [4.69, 9.17) is 9.47 Å². The first-order valence-corrected chi connectivity index (χ1v) is 15.6. The van der Waals surface area contributed by atoms with Gasteiger partial charge in [-0.15, -0.1) is 0 Å².